The highest BCUT2D eigenvalue weighted by Crippen LogP contribution is 2.20. The third-order valence-electron chi connectivity index (χ3n) is 3.87. The van der Waals surface area contributed by atoms with Crippen LogP contribution in [0, 0.1) is 0 Å². The fraction of sp³-hybridized carbons (Fsp3) is 0.250. The lowest BCUT2D eigenvalue weighted by molar-refractivity contribution is 0.400. The first-order chi connectivity index (χ1) is 12.5. The van der Waals surface area contributed by atoms with Crippen molar-refractivity contribution in [2.75, 3.05) is 6.54 Å². The Balaban J connectivity index is 1.94. The molecule has 0 saturated carbocycles. The van der Waals surface area contributed by atoms with Gasteiger partial charge in [-0.15, -0.1) is 0 Å². The van der Waals surface area contributed by atoms with E-state index in [4.69, 9.17) is 5.73 Å². The smallest absolute Gasteiger partial charge is 0.327 e. The third-order valence-corrected chi connectivity index (χ3v) is 3.87. The van der Waals surface area contributed by atoms with Gasteiger partial charge in [-0.25, -0.2) is 4.79 Å². The van der Waals surface area contributed by atoms with Crippen LogP contribution in [0.3, 0.4) is 0 Å². The number of hydrogen-bond donors (Lipinski definition) is 1. The minimum absolute atomic E-state index is 0.361. The van der Waals surface area contributed by atoms with Crippen molar-refractivity contribution in [1.82, 2.24) is 29.6 Å². The Morgan fingerprint density at radius 3 is 2.69 bits per heavy atom. The maximum absolute atomic E-state index is 12.7. The lowest BCUT2D eigenvalue weighted by Gasteiger charge is -2.03. The van der Waals surface area contributed by atoms with Gasteiger partial charge < -0.3 is 5.73 Å². The molecule has 26 heavy (non-hydrogen) atoms. The first kappa shape index (κ1) is 17.7. The van der Waals surface area contributed by atoms with Crippen LogP contribution in [0.2, 0.25) is 0 Å². The number of hydrogen-bond acceptors (Lipinski definition) is 5. The molecular formula is C16H17F2N7O. The van der Waals surface area contributed by atoms with Crippen LogP contribution in [0.4, 0.5) is 8.78 Å². The molecule has 2 aromatic heterocycles. The largest absolute Gasteiger partial charge is 0.368 e. The number of aromatic nitrogens is 6. The van der Waals surface area contributed by atoms with E-state index in [0.29, 0.717) is 5.69 Å². The van der Waals surface area contributed by atoms with Crippen molar-refractivity contribution < 1.29 is 8.78 Å². The summed E-state index contributed by atoms with van der Waals surface area (Å²) in [6.07, 6.45) is 1.70. The van der Waals surface area contributed by atoms with E-state index in [-0.39, 0.29) is 12.1 Å². The maximum Gasteiger partial charge on any atom is 0.368 e. The standard InChI is InChI=1S/C16H17F2N7O/c1-2-23-9-13(8-20-23)11-4-3-5-14(6-11)25-16(26)24(21-22-25)10-12(7-19)15(17)18/h3-6,8-9H,2,7,10,19H2,1H3. The number of tetrazole rings is 1. The van der Waals surface area contributed by atoms with Gasteiger partial charge >= 0.3 is 5.69 Å². The van der Waals surface area contributed by atoms with Crippen LogP contribution >= 0.6 is 0 Å². The summed E-state index contributed by atoms with van der Waals surface area (Å²) in [6, 6.07) is 7.09. The summed E-state index contributed by atoms with van der Waals surface area (Å²) in [5, 5.41) is 11.7. The number of nitrogens with two attached hydrogens (primary N) is 1. The highest BCUT2D eigenvalue weighted by Gasteiger charge is 2.13. The molecule has 0 fully saturated rings. The molecule has 0 atom stereocenters. The molecule has 0 saturated heterocycles. The molecule has 8 nitrogen and oxygen atoms in total. The fourth-order valence-corrected chi connectivity index (χ4v) is 2.42. The van der Waals surface area contributed by atoms with Gasteiger partial charge in [-0.05, 0) is 35.0 Å². The molecule has 1 aromatic carbocycles. The van der Waals surface area contributed by atoms with E-state index in [9.17, 15) is 13.6 Å². The number of halogens is 2. The highest BCUT2D eigenvalue weighted by molar-refractivity contribution is 5.64. The molecule has 0 bridgehead atoms. The summed E-state index contributed by atoms with van der Waals surface area (Å²) >= 11 is 0. The second kappa shape index (κ2) is 7.40. The van der Waals surface area contributed by atoms with Gasteiger partial charge in [0.25, 0.3) is 6.08 Å². The van der Waals surface area contributed by atoms with Crippen LogP contribution in [0.1, 0.15) is 6.92 Å². The van der Waals surface area contributed by atoms with Gasteiger partial charge in [-0.2, -0.15) is 23.2 Å². The van der Waals surface area contributed by atoms with Crippen molar-refractivity contribution >= 4 is 0 Å². The fourth-order valence-electron chi connectivity index (χ4n) is 2.42. The molecule has 0 aliphatic heterocycles. The Hall–Kier alpha value is -3.14. The molecule has 0 aliphatic carbocycles. The van der Waals surface area contributed by atoms with Crippen LogP contribution in [0.25, 0.3) is 16.8 Å². The summed E-state index contributed by atoms with van der Waals surface area (Å²) in [7, 11) is 0. The average Bonchev–Trinajstić information content (AvgIpc) is 3.26. The number of nitrogens with zero attached hydrogens (tertiary/aromatic N) is 6. The van der Waals surface area contributed by atoms with Crippen molar-refractivity contribution in [3.05, 3.63) is 58.8 Å². The average molecular weight is 361 g/mol. The lowest BCUT2D eigenvalue weighted by Crippen LogP contribution is -2.26. The first-order valence-electron chi connectivity index (χ1n) is 7.92. The zero-order valence-corrected chi connectivity index (χ0v) is 14.0. The van der Waals surface area contributed by atoms with E-state index in [0.717, 1.165) is 27.0 Å². The molecule has 3 aromatic rings. The second-order valence-corrected chi connectivity index (χ2v) is 5.53. The topological polar surface area (TPSA) is 96.5 Å². The molecule has 0 amide bonds. The molecule has 2 N–H and O–H groups in total. The maximum atomic E-state index is 12.7. The van der Waals surface area contributed by atoms with Crippen LogP contribution in [-0.2, 0) is 13.1 Å². The minimum Gasteiger partial charge on any atom is -0.327 e. The van der Waals surface area contributed by atoms with Gasteiger partial charge in [0.2, 0.25) is 0 Å². The van der Waals surface area contributed by atoms with E-state index >= 15 is 0 Å². The van der Waals surface area contributed by atoms with E-state index in [1.807, 2.05) is 19.2 Å². The molecule has 136 valence electrons. The van der Waals surface area contributed by atoms with Gasteiger partial charge in [-0.3, -0.25) is 4.68 Å². The van der Waals surface area contributed by atoms with Gasteiger partial charge in [0, 0.05) is 30.4 Å². The van der Waals surface area contributed by atoms with E-state index < -0.39 is 18.3 Å². The van der Waals surface area contributed by atoms with Crippen molar-refractivity contribution in [3.63, 3.8) is 0 Å². The Labute approximate surface area is 147 Å². The number of aryl methyl sites for hydroxylation is 1. The van der Waals surface area contributed by atoms with E-state index in [2.05, 4.69) is 15.5 Å². The van der Waals surface area contributed by atoms with Gasteiger partial charge in [0.1, 0.15) is 0 Å². The van der Waals surface area contributed by atoms with Crippen LogP contribution in [-0.4, -0.2) is 36.1 Å². The van der Waals surface area contributed by atoms with Crippen LogP contribution in [0.15, 0.2) is 53.1 Å². The lowest BCUT2D eigenvalue weighted by atomic mass is 10.1. The summed E-state index contributed by atoms with van der Waals surface area (Å²) in [5.74, 6) is 0. The SMILES string of the molecule is CCn1cc(-c2cccc(-n3nnn(CC(CN)=C(F)F)c3=O)c2)cn1. The molecule has 3 rings (SSSR count). The zero-order chi connectivity index (χ0) is 18.7. The Kier molecular flexibility index (Phi) is 5.03. The van der Waals surface area contributed by atoms with Crippen molar-refractivity contribution in [3.8, 4) is 16.8 Å². The minimum atomic E-state index is -1.91. The van der Waals surface area contributed by atoms with E-state index in [1.165, 1.54) is 0 Å². The highest BCUT2D eigenvalue weighted by atomic mass is 19.3. The van der Waals surface area contributed by atoms with Crippen LogP contribution < -0.4 is 11.4 Å². The number of rotatable bonds is 6. The summed E-state index contributed by atoms with van der Waals surface area (Å²) in [4.78, 5) is 12.4. The molecule has 0 aliphatic rings. The predicted molar refractivity (Wildman–Crippen MR) is 90.8 cm³/mol. The normalized spacial score (nSPS) is 10.9. The molecule has 0 spiro atoms. The van der Waals surface area contributed by atoms with Crippen molar-refractivity contribution in [2.24, 2.45) is 5.73 Å². The van der Waals surface area contributed by atoms with Gasteiger partial charge in [-0.1, -0.05) is 12.1 Å². The first-order valence-corrected chi connectivity index (χ1v) is 7.92. The quantitative estimate of drug-likeness (QED) is 0.716. The molecule has 2 heterocycles. The number of benzene rings is 1. The monoisotopic (exact) mass is 361 g/mol. The Bertz CT molecular complexity index is 998. The van der Waals surface area contributed by atoms with Gasteiger partial charge in [0.15, 0.2) is 0 Å². The molecule has 0 radical (unpaired) electrons. The zero-order valence-electron chi connectivity index (χ0n) is 14.0. The summed E-state index contributed by atoms with van der Waals surface area (Å²) in [5.41, 5.74) is 6.50. The third kappa shape index (κ3) is 3.45. The second-order valence-electron chi connectivity index (χ2n) is 5.53. The Morgan fingerprint density at radius 2 is 2.04 bits per heavy atom. The molecule has 0 unspecified atom stereocenters. The van der Waals surface area contributed by atoms with Crippen LogP contribution in [0.5, 0.6) is 0 Å². The predicted octanol–water partition coefficient (Wildman–Crippen LogP) is 1.42. The van der Waals surface area contributed by atoms with E-state index in [1.54, 1.807) is 29.1 Å². The molecule has 10 heteroatoms. The Morgan fingerprint density at radius 1 is 1.23 bits per heavy atom. The molecular weight excluding hydrogens is 344 g/mol. The van der Waals surface area contributed by atoms with Gasteiger partial charge in [0.05, 0.1) is 18.4 Å². The summed E-state index contributed by atoms with van der Waals surface area (Å²) < 4.78 is 29.2. The summed E-state index contributed by atoms with van der Waals surface area (Å²) in [6.45, 7) is 1.96. The van der Waals surface area contributed by atoms with Crippen molar-refractivity contribution in [2.45, 2.75) is 20.0 Å². The van der Waals surface area contributed by atoms with Crippen molar-refractivity contribution in [1.29, 1.82) is 0 Å².